The molecule has 2 rings (SSSR count). The standard InChI is InChI=1S/C17H19ClN2O4S/c1-12(17(21)19-14-6-4-13(18)5-7-14)20(25(3,22)23)15-8-10-16(24-2)11-9-15/h4-12H,1-3H3,(H,19,21)/t12-/m1/s1. The third kappa shape index (κ3) is 4.87. The summed E-state index contributed by atoms with van der Waals surface area (Å²) in [7, 11) is -2.15. The molecule has 0 unspecified atom stereocenters. The molecule has 1 amide bonds. The monoisotopic (exact) mass is 382 g/mol. The number of hydrogen-bond donors (Lipinski definition) is 1. The second-order valence-electron chi connectivity index (χ2n) is 5.43. The molecule has 0 heterocycles. The molecule has 0 aliphatic rings. The van der Waals surface area contributed by atoms with Gasteiger partial charge < -0.3 is 10.1 Å². The maximum Gasteiger partial charge on any atom is 0.247 e. The van der Waals surface area contributed by atoms with Gasteiger partial charge in [0.2, 0.25) is 15.9 Å². The minimum atomic E-state index is -3.67. The van der Waals surface area contributed by atoms with Crippen molar-refractivity contribution in [3.05, 3.63) is 53.6 Å². The van der Waals surface area contributed by atoms with Gasteiger partial charge in [0.25, 0.3) is 0 Å². The predicted molar refractivity (Wildman–Crippen MR) is 99.9 cm³/mol. The van der Waals surface area contributed by atoms with Gasteiger partial charge in [-0.25, -0.2) is 8.42 Å². The minimum Gasteiger partial charge on any atom is -0.497 e. The Balaban J connectivity index is 2.27. The van der Waals surface area contributed by atoms with E-state index in [9.17, 15) is 13.2 Å². The Morgan fingerprint density at radius 2 is 1.68 bits per heavy atom. The molecule has 2 aromatic carbocycles. The summed E-state index contributed by atoms with van der Waals surface area (Å²) in [4.78, 5) is 12.5. The van der Waals surface area contributed by atoms with E-state index in [4.69, 9.17) is 16.3 Å². The quantitative estimate of drug-likeness (QED) is 0.832. The average molecular weight is 383 g/mol. The summed E-state index contributed by atoms with van der Waals surface area (Å²) in [6.07, 6.45) is 1.06. The zero-order valence-electron chi connectivity index (χ0n) is 14.1. The first kappa shape index (κ1) is 19.1. The maximum absolute atomic E-state index is 12.5. The van der Waals surface area contributed by atoms with E-state index in [1.54, 1.807) is 48.5 Å². The highest BCUT2D eigenvalue weighted by Crippen LogP contribution is 2.24. The van der Waals surface area contributed by atoms with Crippen molar-refractivity contribution in [2.75, 3.05) is 23.0 Å². The zero-order chi connectivity index (χ0) is 18.6. The highest BCUT2D eigenvalue weighted by molar-refractivity contribution is 7.92. The third-order valence-electron chi connectivity index (χ3n) is 3.53. The number of hydrogen-bond acceptors (Lipinski definition) is 4. The Kier molecular flexibility index (Phi) is 5.92. The van der Waals surface area contributed by atoms with Crippen LogP contribution in [0, 0.1) is 0 Å². The van der Waals surface area contributed by atoms with Crippen LogP contribution in [-0.2, 0) is 14.8 Å². The van der Waals surface area contributed by atoms with Gasteiger partial charge in [0.05, 0.1) is 19.1 Å². The lowest BCUT2D eigenvalue weighted by Crippen LogP contribution is -2.45. The Morgan fingerprint density at radius 1 is 1.12 bits per heavy atom. The van der Waals surface area contributed by atoms with Crippen LogP contribution in [-0.4, -0.2) is 33.7 Å². The minimum absolute atomic E-state index is 0.377. The van der Waals surface area contributed by atoms with Crippen LogP contribution in [0.3, 0.4) is 0 Å². The van der Waals surface area contributed by atoms with E-state index in [1.807, 2.05) is 0 Å². The Labute approximate surface area is 152 Å². The van der Waals surface area contributed by atoms with E-state index in [0.717, 1.165) is 10.6 Å². The third-order valence-corrected chi connectivity index (χ3v) is 5.02. The largest absolute Gasteiger partial charge is 0.497 e. The Hall–Kier alpha value is -2.25. The van der Waals surface area contributed by atoms with Crippen molar-refractivity contribution in [1.29, 1.82) is 0 Å². The van der Waals surface area contributed by atoms with E-state index in [1.165, 1.54) is 14.0 Å². The summed E-state index contributed by atoms with van der Waals surface area (Å²) in [5.74, 6) is 0.138. The number of rotatable bonds is 6. The molecule has 0 spiro atoms. The number of ether oxygens (including phenoxy) is 1. The first-order chi connectivity index (χ1) is 11.7. The molecule has 0 aromatic heterocycles. The highest BCUT2D eigenvalue weighted by atomic mass is 35.5. The average Bonchev–Trinajstić information content (AvgIpc) is 2.56. The van der Waals surface area contributed by atoms with Crippen molar-refractivity contribution in [2.24, 2.45) is 0 Å². The molecular weight excluding hydrogens is 364 g/mol. The van der Waals surface area contributed by atoms with Crippen LogP contribution >= 0.6 is 11.6 Å². The van der Waals surface area contributed by atoms with E-state index in [2.05, 4.69) is 5.32 Å². The topological polar surface area (TPSA) is 75.7 Å². The molecule has 1 atom stereocenters. The molecule has 1 N–H and O–H groups in total. The molecule has 6 nitrogen and oxygen atoms in total. The smallest absolute Gasteiger partial charge is 0.247 e. The molecule has 0 aliphatic heterocycles. The molecule has 0 aliphatic carbocycles. The van der Waals surface area contributed by atoms with Gasteiger partial charge in [-0.1, -0.05) is 11.6 Å². The van der Waals surface area contributed by atoms with Crippen LogP contribution in [0.1, 0.15) is 6.92 Å². The summed E-state index contributed by atoms with van der Waals surface area (Å²) >= 11 is 5.82. The van der Waals surface area contributed by atoms with Gasteiger partial charge in [-0.3, -0.25) is 9.10 Å². The number of amides is 1. The summed E-state index contributed by atoms with van der Waals surface area (Å²) in [6, 6.07) is 12.1. The molecule has 0 saturated heterocycles. The normalized spacial score (nSPS) is 12.3. The summed E-state index contributed by atoms with van der Waals surface area (Å²) in [5, 5.41) is 3.23. The number of sulfonamides is 1. The first-order valence-corrected chi connectivity index (χ1v) is 9.65. The summed E-state index contributed by atoms with van der Waals surface area (Å²) < 4.78 is 30.6. The number of halogens is 1. The van der Waals surface area contributed by atoms with Crippen molar-refractivity contribution in [1.82, 2.24) is 0 Å². The number of carbonyl (C=O) groups excluding carboxylic acids is 1. The fraction of sp³-hybridized carbons (Fsp3) is 0.235. The van der Waals surface area contributed by atoms with Gasteiger partial charge in [0.1, 0.15) is 11.8 Å². The molecule has 0 radical (unpaired) electrons. The molecule has 0 fully saturated rings. The molecule has 0 bridgehead atoms. The molecule has 2 aromatic rings. The lowest BCUT2D eigenvalue weighted by atomic mass is 10.2. The van der Waals surface area contributed by atoms with Gasteiger partial charge >= 0.3 is 0 Å². The van der Waals surface area contributed by atoms with Crippen molar-refractivity contribution in [2.45, 2.75) is 13.0 Å². The van der Waals surface area contributed by atoms with E-state index in [0.29, 0.717) is 22.1 Å². The number of benzene rings is 2. The Morgan fingerprint density at radius 3 is 2.16 bits per heavy atom. The van der Waals surface area contributed by atoms with E-state index in [-0.39, 0.29) is 0 Å². The van der Waals surface area contributed by atoms with Crippen molar-refractivity contribution in [3.8, 4) is 5.75 Å². The van der Waals surface area contributed by atoms with E-state index >= 15 is 0 Å². The number of nitrogens with zero attached hydrogens (tertiary/aromatic N) is 1. The van der Waals surface area contributed by atoms with Crippen LogP contribution < -0.4 is 14.4 Å². The molecule has 8 heteroatoms. The van der Waals surface area contributed by atoms with Gasteiger partial charge in [0.15, 0.2) is 0 Å². The second kappa shape index (κ2) is 7.76. The summed E-state index contributed by atoms with van der Waals surface area (Å²) in [5.41, 5.74) is 0.909. The highest BCUT2D eigenvalue weighted by Gasteiger charge is 2.29. The molecular formula is C17H19ClN2O4S. The number of carbonyl (C=O) groups is 1. The van der Waals surface area contributed by atoms with Gasteiger partial charge in [-0.15, -0.1) is 0 Å². The van der Waals surface area contributed by atoms with Crippen molar-refractivity contribution >= 4 is 38.9 Å². The van der Waals surface area contributed by atoms with Crippen LogP contribution in [0.25, 0.3) is 0 Å². The molecule has 134 valence electrons. The number of anilines is 2. The predicted octanol–water partition coefficient (Wildman–Crippen LogP) is 3.14. The van der Waals surface area contributed by atoms with E-state index < -0.39 is 22.0 Å². The van der Waals surface area contributed by atoms with Crippen molar-refractivity contribution in [3.63, 3.8) is 0 Å². The van der Waals surface area contributed by atoms with Crippen LogP contribution in [0.5, 0.6) is 5.75 Å². The second-order valence-corrected chi connectivity index (χ2v) is 7.72. The van der Waals surface area contributed by atoms with Crippen LogP contribution in [0.15, 0.2) is 48.5 Å². The SMILES string of the molecule is COc1ccc(N([C@H](C)C(=O)Nc2ccc(Cl)cc2)S(C)(=O)=O)cc1. The van der Waals surface area contributed by atoms with Crippen LogP contribution in [0.2, 0.25) is 5.02 Å². The summed E-state index contributed by atoms with van der Waals surface area (Å²) in [6.45, 7) is 1.52. The number of methoxy groups -OCH3 is 1. The van der Waals surface area contributed by atoms with Gasteiger partial charge in [0, 0.05) is 10.7 Å². The molecule has 25 heavy (non-hydrogen) atoms. The van der Waals surface area contributed by atoms with Gasteiger partial charge in [-0.05, 0) is 55.5 Å². The zero-order valence-corrected chi connectivity index (χ0v) is 15.6. The fourth-order valence-electron chi connectivity index (χ4n) is 2.32. The molecule has 0 saturated carbocycles. The van der Waals surface area contributed by atoms with Crippen LogP contribution in [0.4, 0.5) is 11.4 Å². The fourth-order valence-corrected chi connectivity index (χ4v) is 3.62. The van der Waals surface area contributed by atoms with Crippen molar-refractivity contribution < 1.29 is 17.9 Å². The number of nitrogens with one attached hydrogen (secondary N) is 1. The Bertz CT molecular complexity index is 836. The lowest BCUT2D eigenvalue weighted by Gasteiger charge is -2.28. The lowest BCUT2D eigenvalue weighted by molar-refractivity contribution is -0.116. The maximum atomic E-state index is 12.5. The van der Waals surface area contributed by atoms with Gasteiger partial charge in [-0.2, -0.15) is 0 Å². The first-order valence-electron chi connectivity index (χ1n) is 7.42.